The molecule has 0 aliphatic carbocycles. The Morgan fingerprint density at radius 1 is 0.964 bits per heavy atom. The van der Waals surface area contributed by atoms with Gasteiger partial charge >= 0.3 is 0 Å². The largest absolute Gasteiger partial charge is 0.486 e. The first-order valence-corrected chi connectivity index (χ1v) is 8.80. The van der Waals surface area contributed by atoms with E-state index in [0.717, 1.165) is 28.2 Å². The van der Waals surface area contributed by atoms with Crippen LogP contribution >= 0.6 is 0 Å². The second-order valence-corrected chi connectivity index (χ2v) is 6.30. The number of ether oxygens (including phenoxy) is 2. The van der Waals surface area contributed by atoms with Gasteiger partial charge in [0.1, 0.15) is 18.9 Å². The molecule has 1 aromatic heterocycles. The van der Waals surface area contributed by atoms with Crippen LogP contribution in [0.3, 0.4) is 0 Å². The Hall–Kier alpha value is -3.74. The van der Waals surface area contributed by atoms with E-state index in [4.69, 9.17) is 9.47 Å². The van der Waals surface area contributed by atoms with Gasteiger partial charge in [-0.2, -0.15) is 0 Å². The lowest BCUT2D eigenvalue weighted by molar-refractivity contribution is 0.0889. The van der Waals surface area contributed by atoms with Gasteiger partial charge in [0.15, 0.2) is 11.5 Å². The number of benzene rings is 2. The minimum absolute atomic E-state index is 0.111. The van der Waals surface area contributed by atoms with E-state index in [0.29, 0.717) is 17.9 Å². The predicted molar refractivity (Wildman–Crippen MR) is 102 cm³/mol. The summed E-state index contributed by atoms with van der Waals surface area (Å²) in [6.45, 7) is 1.36. The number of nitrogens with one attached hydrogen (secondary N) is 1. The molecule has 4 rings (SSSR count). The van der Waals surface area contributed by atoms with Gasteiger partial charge < -0.3 is 20.0 Å². The fourth-order valence-corrected chi connectivity index (χ4v) is 2.96. The first-order valence-electron chi connectivity index (χ1n) is 8.80. The number of amides is 1. The molecule has 0 radical (unpaired) electrons. The first kappa shape index (κ1) is 17.7. The smallest absolute Gasteiger partial charge is 0.283 e. The van der Waals surface area contributed by atoms with Crippen molar-refractivity contribution in [3.05, 3.63) is 82.3 Å². The zero-order valence-corrected chi connectivity index (χ0v) is 14.9. The highest BCUT2D eigenvalue weighted by Gasteiger charge is 2.13. The highest BCUT2D eigenvalue weighted by molar-refractivity contribution is 5.92. The lowest BCUT2D eigenvalue weighted by Gasteiger charge is -2.19. The average molecular weight is 378 g/mol. The van der Waals surface area contributed by atoms with Gasteiger partial charge in [-0.1, -0.05) is 36.4 Å². The Bertz CT molecular complexity index is 1070. The third-order valence-corrected chi connectivity index (χ3v) is 4.44. The molecule has 0 atom stereocenters. The molecule has 0 saturated carbocycles. The maximum atomic E-state index is 12.2. The molecule has 142 valence electrons. The number of aromatic nitrogens is 1. The Morgan fingerprint density at radius 3 is 2.46 bits per heavy atom. The Labute approximate surface area is 160 Å². The highest BCUT2D eigenvalue weighted by atomic mass is 16.6. The fraction of sp³-hybridized carbons (Fsp3) is 0.143. The van der Waals surface area contributed by atoms with Crippen molar-refractivity contribution >= 4 is 5.91 Å². The van der Waals surface area contributed by atoms with Crippen LogP contribution in [-0.4, -0.2) is 29.1 Å². The van der Waals surface area contributed by atoms with Crippen molar-refractivity contribution in [2.75, 3.05) is 13.2 Å². The zero-order chi connectivity index (χ0) is 19.5. The second kappa shape index (κ2) is 7.48. The summed E-state index contributed by atoms with van der Waals surface area (Å²) in [5.41, 5.74) is 2.14. The van der Waals surface area contributed by atoms with Gasteiger partial charge in [0, 0.05) is 12.6 Å². The summed E-state index contributed by atoms with van der Waals surface area (Å²) in [4.78, 5) is 23.6. The average Bonchev–Trinajstić information content (AvgIpc) is 2.74. The molecule has 2 aromatic carbocycles. The molecule has 0 spiro atoms. The molecule has 7 heteroatoms. The van der Waals surface area contributed by atoms with Gasteiger partial charge in [-0.05, 0) is 34.9 Å². The molecule has 0 fully saturated rings. The normalized spacial score (nSPS) is 12.4. The quantitative estimate of drug-likeness (QED) is 0.681. The molecule has 2 N–H and O–H groups in total. The van der Waals surface area contributed by atoms with E-state index in [9.17, 15) is 14.8 Å². The predicted octanol–water partition coefficient (Wildman–Crippen LogP) is 2.45. The first-order chi connectivity index (χ1) is 13.6. The van der Waals surface area contributed by atoms with Crippen molar-refractivity contribution in [3.63, 3.8) is 0 Å². The zero-order valence-electron chi connectivity index (χ0n) is 14.9. The van der Waals surface area contributed by atoms with Crippen molar-refractivity contribution in [2.45, 2.75) is 6.54 Å². The van der Waals surface area contributed by atoms with Crippen LogP contribution in [0.25, 0.3) is 11.1 Å². The van der Waals surface area contributed by atoms with E-state index in [-0.39, 0.29) is 12.2 Å². The molecule has 1 aliphatic heterocycles. The molecule has 1 amide bonds. The third-order valence-electron chi connectivity index (χ3n) is 4.44. The van der Waals surface area contributed by atoms with Crippen LogP contribution in [0.5, 0.6) is 11.5 Å². The number of fused-ring (bicyclic) bond motifs is 1. The van der Waals surface area contributed by atoms with E-state index in [1.54, 1.807) is 0 Å². The van der Waals surface area contributed by atoms with Crippen LogP contribution < -0.4 is 20.3 Å². The highest BCUT2D eigenvalue weighted by Crippen LogP contribution is 2.34. The van der Waals surface area contributed by atoms with E-state index in [1.807, 2.05) is 42.5 Å². The molecule has 28 heavy (non-hydrogen) atoms. The van der Waals surface area contributed by atoms with Gasteiger partial charge in [-0.15, -0.1) is 4.73 Å². The van der Waals surface area contributed by atoms with Crippen molar-refractivity contribution in [1.82, 2.24) is 10.0 Å². The lowest BCUT2D eigenvalue weighted by atomic mass is 10.0. The van der Waals surface area contributed by atoms with Crippen LogP contribution in [0.2, 0.25) is 0 Å². The number of hydrogen-bond donors (Lipinski definition) is 2. The standard InChI is InChI=1S/C21H18N2O5/c24-20-3-1-2-17(23(20)26)21(25)22-13-14-4-6-15(7-5-14)16-8-9-18-19(12-16)28-11-10-27-18/h1-9,12,26H,10-11,13H2,(H,22,25). The van der Waals surface area contributed by atoms with Crippen molar-refractivity contribution in [1.29, 1.82) is 0 Å². The molecule has 1 aliphatic rings. The maximum absolute atomic E-state index is 12.2. The Balaban J connectivity index is 1.44. The van der Waals surface area contributed by atoms with Crippen molar-refractivity contribution in [3.8, 4) is 22.6 Å². The van der Waals surface area contributed by atoms with E-state index >= 15 is 0 Å². The number of nitrogens with zero attached hydrogens (tertiary/aromatic N) is 1. The van der Waals surface area contributed by atoms with Crippen LogP contribution in [0.4, 0.5) is 0 Å². The second-order valence-electron chi connectivity index (χ2n) is 6.30. The van der Waals surface area contributed by atoms with Gasteiger partial charge in [0.2, 0.25) is 0 Å². The summed E-state index contributed by atoms with van der Waals surface area (Å²) in [6, 6.07) is 17.5. The van der Waals surface area contributed by atoms with Gasteiger partial charge in [0.05, 0.1) is 0 Å². The van der Waals surface area contributed by atoms with Crippen molar-refractivity contribution < 1.29 is 19.5 Å². The number of carbonyl (C=O) groups excluding carboxylic acids is 1. The van der Waals surface area contributed by atoms with Crippen LogP contribution in [-0.2, 0) is 6.54 Å². The Kier molecular flexibility index (Phi) is 4.72. The molecular formula is C21H18N2O5. The topological polar surface area (TPSA) is 89.8 Å². The summed E-state index contributed by atoms with van der Waals surface area (Å²) < 4.78 is 11.5. The van der Waals surface area contributed by atoms with E-state index in [1.165, 1.54) is 18.2 Å². The van der Waals surface area contributed by atoms with Gasteiger partial charge in [-0.25, -0.2) is 0 Å². The summed E-state index contributed by atoms with van der Waals surface area (Å²) in [5.74, 6) is 0.951. The third kappa shape index (κ3) is 3.55. The summed E-state index contributed by atoms with van der Waals surface area (Å²) >= 11 is 0. The molecular weight excluding hydrogens is 360 g/mol. The minimum atomic E-state index is -0.656. The monoisotopic (exact) mass is 378 g/mol. The van der Waals surface area contributed by atoms with Crippen LogP contribution in [0.15, 0.2) is 65.5 Å². The molecule has 3 aromatic rings. The molecule has 7 nitrogen and oxygen atoms in total. The minimum Gasteiger partial charge on any atom is -0.486 e. The number of pyridine rings is 1. The lowest BCUT2D eigenvalue weighted by Crippen LogP contribution is -2.30. The van der Waals surface area contributed by atoms with E-state index in [2.05, 4.69) is 5.32 Å². The van der Waals surface area contributed by atoms with Crippen molar-refractivity contribution in [2.24, 2.45) is 0 Å². The van der Waals surface area contributed by atoms with E-state index < -0.39 is 11.5 Å². The maximum Gasteiger partial charge on any atom is 0.283 e. The Morgan fingerprint density at radius 2 is 1.68 bits per heavy atom. The molecule has 2 heterocycles. The summed E-state index contributed by atoms with van der Waals surface area (Å²) in [5, 5.41) is 12.3. The number of rotatable bonds is 4. The van der Waals surface area contributed by atoms with Gasteiger partial charge in [-0.3, -0.25) is 9.59 Å². The van der Waals surface area contributed by atoms with Crippen LogP contribution in [0, 0.1) is 0 Å². The molecule has 0 saturated heterocycles. The molecule has 0 bridgehead atoms. The SMILES string of the molecule is O=C(NCc1ccc(-c2ccc3c(c2)OCCO3)cc1)c1cccc(=O)n1O. The summed E-state index contributed by atoms with van der Waals surface area (Å²) in [6.07, 6.45) is 0. The van der Waals surface area contributed by atoms with Crippen LogP contribution in [0.1, 0.15) is 16.1 Å². The fourth-order valence-electron chi connectivity index (χ4n) is 2.96. The van der Waals surface area contributed by atoms with Gasteiger partial charge in [0.25, 0.3) is 11.5 Å². The summed E-state index contributed by atoms with van der Waals surface area (Å²) in [7, 11) is 0. The molecule has 0 unspecified atom stereocenters. The number of hydrogen-bond acceptors (Lipinski definition) is 5. The number of carbonyl (C=O) groups is 1.